The fraction of sp³-hybridized carbons (Fsp3) is 0.0588. The lowest BCUT2D eigenvalue weighted by molar-refractivity contribution is -0.118. The molecule has 122 valence electrons. The van der Waals surface area contributed by atoms with Gasteiger partial charge in [0, 0.05) is 33.3 Å². The van der Waals surface area contributed by atoms with E-state index in [1.165, 1.54) is 6.07 Å². The van der Waals surface area contributed by atoms with Gasteiger partial charge < -0.3 is 14.5 Å². The Kier molecular flexibility index (Phi) is 4.74. The summed E-state index contributed by atoms with van der Waals surface area (Å²) in [5.74, 6) is 0.0408. The SMILES string of the molecule is O=C(COc1ccc2ccc(=O)oc2c1)Nc1cc(Cl)cc(Cl)c1. The first-order valence-corrected chi connectivity index (χ1v) is 7.68. The smallest absolute Gasteiger partial charge is 0.336 e. The van der Waals surface area contributed by atoms with E-state index in [0.717, 1.165) is 5.39 Å². The maximum Gasteiger partial charge on any atom is 0.336 e. The lowest BCUT2D eigenvalue weighted by atomic mass is 10.2. The summed E-state index contributed by atoms with van der Waals surface area (Å²) in [7, 11) is 0. The predicted octanol–water partition coefficient (Wildman–Crippen LogP) is 4.12. The second kappa shape index (κ2) is 6.95. The van der Waals surface area contributed by atoms with Crippen LogP contribution in [0, 0.1) is 0 Å². The first kappa shape index (κ1) is 16.4. The van der Waals surface area contributed by atoms with Crippen LogP contribution in [0.15, 0.2) is 57.7 Å². The van der Waals surface area contributed by atoms with Gasteiger partial charge in [-0.05, 0) is 36.4 Å². The number of ether oxygens (including phenoxy) is 1. The summed E-state index contributed by atoms with van der Waals surface area (Å²) in [4.78, 5) is 23.2. The Morgan fingerprint density at radius 1 is 1.04 bits per heavy atom. The van der Waals surface area contributed by atoms with Crippen molar-refractivity contribution in [2.75, 3.05) is 11.9 Å². The summed E-state index contributed by atoms with van der Waals surface area (Å²) in [6.45, 7) is -0.216. The van der Waals surface area contributed by atoms with Gasteiger partial charge in [-0.15, -0.1) is 0 Å². The molecule has 3 aromatic rings. The molecule has 0 fully saturated rings. The van der Waals surface area contributed by atoms with E-state index in [9.17, 15) is 9.59 Å². The van der Waals surface area contributed by atoms with Crippen LogP contribution < -0.4 is 15.7 Å². The first-order valence-electron chi connectivity index (χ1n) is 6.92. The molecule has 0 aliphatic heterocycles. The Labute approximate surface area is 146 Å². The van der Waals surface area contributed by atoms with Crippen molar-refractivity contribution in [2.24, 2.45) is 0 Å². The maximum atomic E-state index is 11.9. The number of fused-ring (bicyclic) bond motifs is 1. The number of hydrogen-bond donors (Lipinski definition) is 1. The van der Waals surface area contributed by atoms with Gasteiger partial charge in [-0.25, -0.2) is 4.79 Å². The monoisotopic (exact) mass is 363 g/mol. The minimum Gasteiger partial charge on any atom is -0.484 e. The Morgan fingerprint density at radius 2 is 1.75 bits per heavy atom. The lowest BCUT2D eigenvalue weighted by Crippen LogP contribution is -2.20. The van der Waals surface area contributed by atoms with Crippen LogP contribution in [0.4, 0.5) is 5.69 Å². The van der Waals surface area contributed by atoms with E-state index in [1.54, 1.807) is 42.5 Å². The zero-order valence-electron chi connectivity index (χ0n) is 12.2. The van der Waals surface area contributed by atoms with Gasteiger partial charge in [0.25, 0.3) is 5.91 Å². The molecule has 0 bridgehead atoms. The summed E-state index contributed by atoms with van der Waals surface area (Å²) >= 11 is 11.7. The van der Waals surface area contributed by atoms with Gasteiger partial charge in [-0.3, -0.25) is 4.79 Å². The van der Waals surface area contributed by atoms with Gasteiger partial charge in [0.05, 0.1) is 0 Å². The van der Waals surface area contributed by atoms with Crippen molar-refractivity contribution < 1.29 is 13.9 Å². The molecule has 2 aromatic carbocycles. The Balaban J connectivity index is 1.66. The third-order valence-electron chi connectivity index (χ3n) is 3.11. The van der Waals surface area contributed by atoms with Crippen molar-refractivity contribution in [1.82, 2.24) is 0 Å². The second-order valence-corrected chi connectivity index (χ2v) is 5.82. The van der Waals surface area contributed by atoms with Crippen molar-refractivity contribution in [3.05, 3.63) is 69.0 Å². The largest absolute Gasteiger partial charge is 0.484 e. The molecule has 0 aliphatic carbocycles. The molecule has 0 spiro atoms. The average Bonchev–Trinajstić information content (AvgIpc) is 2.51. The van der Waals surface area contributed by atoms with Crippen molar-refractivity contribution in [3.8, 4) is 5.75 Å². The van der Waals surface area contributed by atoms with Crippen LogP contribution in [0.25, 0.3) is 11.0 Å². The Bertz CT molecular complexity index is 948. The van der Waals surface area contributed by atoms with E-state index in [-0.39, 0.29) is 12.5 Å². The fourth-order valence-corrected chi connectivity index (χ4v) is 2.63. The summed E-state index contributed by atoms with van der Waals surface area (Å²) in [6.07, 6.45) is 0. The maximum absolute atomic E-state index is 11.9. The number of benzene rings is 2. The standard InChI is InChI=1S/C17H11Cl2NO4/c18-11-5-12(19)7-13(6-11)20-16(21)9-23-14-3-1-10-2-4-17(22)24-15(10)8-14/h1-8H,9H2,(H,20,21). The van der Waals surface area contributed by atoms with Crippen LogP contribution in [0.5, 0.6) is 5.75 Å². The van der Waals surface area contributed by atoms with E-state index >= 15 is 0 Å². The van der Waals surface area contributed by atoms with E-state index in [0.29, 0.717) is 27.1 Å². The van der Waals surface area contributed by atoms with Gasteiger partial charge in [-0.2, -0.15) is 0 Å². The van der Waals surface area contributed by atoms with E-state index in [4.69, 9.17) is 32.4 Å². The molecule has 3 rings (SSSR count). The predicted molar refractivity (Wildman–Crippen MR) is 93.1 cm³/mol. The number of carbonyl (C=O) groups excluding carboxylic acids is 1. The fourth-order valence-electron chi connectivity index (χ4n) is 2.10. The van der Waals surface area contributed by atoms with Gasteiger partial charge in [0.2, 0.25) is 0 Å². The number of halogens is 2. The molecule has 0 saturated heterocycles. The minimum absolute atomic E-state index is 0.216. The average molecular weight is 364 g/mol. The highest BCUT2D eigenvalue weighted by molar-refractivity contribution is 6.35. The van der Waals surface area contributed by atoms with Crippen LogP contribution in [-0.4, -0.2) is 12.5 Å². The lowest BCUT2D eigenvalue weighted by Gasteiger charge is -2.08. The quantitative estimate of drug-likeness (QED) is 0.708. The molecule has 5 nitrogen and oxygen atoms in total. The first-order chi connectivity index (χ1) is 11.5. The van der Waals surface area contributed by atoms with Crippen molar-refractivity contribution >= 4 is 45.8 Å². The van der Waals surface area contributed by atoms with E-state index < -0.39 is 5.63 Å². The van der Waals surface area contributed by atoms with E-state index in [1.807, 2.05) is 0 Å². The molecule has 0 saturated carbocycles. The molecule has 1 heterocycles. The molecule has 0 atom stereocenters. The number of carbonyl (C=O) groups is 1. The highest BCUT2D eigenvalue weighted by Gasteiger charge is 2.07. The van der Waals surface area contributed by atoms with Crippen molar-refractivity contribution in [2.45, 2.75) is 0 Å². The molecular weight excluding hydrogens is 353 g/mol. The zero-order chi connectivity index (χ0) is 17.1. The van der Waals surface area contributed by atoms with Crippen LogP contribution in [0.2, 0.25) is 10.0 Å². The topological polar surface area (TPSA) is 68.5 Å². The Hall–Kier alpha value is -2.50. The molecule has 0 aliphatic rings. The van der Waals surface area contributed by atoms with Crippen molar-refractivity contribution in [3.63, 3.8) is 0 Å². The molecule has 1 amide bonds. The van der Waals surface area contributed by atoms with Gasteiger partial charge in [0.1, 0.15) is 11.3 Å². The summed E-state index contributed by atoms with van der Waals surface area (Å²) in [5, 5.41) is 4.24. The van der Waals surface area contributed by atoms with Crippen LogP contribution in [0.1, 0.15) is 0 Å². The number of anilines is 1. The number of nitrogens with one attached hydrogen (secondary N) is 1. The molecule has 1 N–H and O–H groups in total. The molecule has 1 aromatic heterocycles. The highest BCUT2D eigenvalue weighted by atomic mass is 35.5. The number of hydrogen-bond acceptors (Lipinski definition) is 4. The third-order valence-corrected chi connectivity index (χ3v) is 3.55. The molecule has 7 heteroatoms. The third kappa shape index (κ3) is 4.07. The highest BCUT2D eigenvalue weighted by Crippen LogP contribution is 2.23. The summed E-state index contributed by atoms with van der Waals surface area (Å²) in [6, 6.07) is 12.7. The molecular formula is C17H11Cl2NO4. The summed E-state index contributed by atoms with van der Waals surface area (Å²) in [5.41, 5.74) is 0.419. The summed E-state index contributed by atoms with van der Waals surface area (Å²) < 4.78 is 10.5. The van der Waals surface area contributed by atoms with Gasteiger partial charge in [0.15, 0.2) is 6.61 Å². The van der Waals surface area contributed by atoms with Crippen LogP contribution >= 0.6 is 23.2 Å². The second-order valence-electron chi connectivity index (χ2n) is 4.95. The number of rotatable bonds is 4. The van der Waals surface area contributed by atoms with E-state index in [2.05, 4.69) is 5.32 Å². The molecule has 0 radical (unpaired) electrons. The minimum atomic E-state index is -0.449. The normalized spacial score (nSPS) is 10.6. The van der Waals surface area contributed by atoms with Crippen molar-refractivity contribution in [1.29, 1.82) is 0 Å². The van der Waals surface area contributed by atoms with Gasteiger partial charge in [-0.1, -0.05) is 23.2 Å². The zero-order valence-corrected chi connectivity index (χ0v) is 13.7. The van der Waals surface area contributed by atoms with Crippen LogP contribution in [0.3, 0.4) is 0 Å². The van der Waals surface area contributed by atoms with Crippen LogP contribution in [-0.2, 0) is 4.79 Å². The molecule has 0 unspecified atom stereocenters. The van der Waals surface area contributed by atoms with Gasteiger partial charge >= 0.3 is 5.63 Å². The Morgan fingerprint density at radius 3 is 2.50 bits per heavy atom. The number of amides is 1. The molecule has 24 heavy (non-hydrogen) atoms.